The smallest absolute Gasteiger partial charge is 0.0681 e. The van der Waals surface area contributed by atoms with E-state index in [9.17, 15) is 5.11 Å². The summed E-state index contributed by atoms with van der Waals surface area (Å²) in [7, 11) is 0. The highest BCUT2D eigenvalue weighted by atomic mass is 32.2. The summed E-state index contributed by atoms with van der Waals surface area (Å²) in [5.41, 5.74) is -0.529. The second-order valence-corrected chi connectivity index (χ2v) is 6.32. The molecule has 1 unspecified atom stereocenters. The minimum atomic E-state index is -0.529. The van der Waals surface area contributed by atoms with Gasteiger partial charge in [0.15, 0.2) is 0 Å². The van der Waals surface area contributed by atoms with Crippen LogP contribution in [0.3, 0.4) is 0 Å². The maximum Gasteiger partial charge on any atom is 0.0681 e. The van der Waals surface area contributed by atoms with E-state index >= 15 is 0 Å². The van der Waals surface area contributed by atoms with Crippen LogP contribution in [0.1, 0.15) is 33.1 Å². The molecule has 94 valence electrons. The largest absolute Gasteiger partial charge is 0.390 e. The predicted octanol–water partition coefficient (Wildman–Crippen LogP) is 2.44. The van der Waals surface area contributed by atoms with Gasteiger partial charge in [0, 0.05) is 18.1 Å². The molecule has 0 spiro atoms. The average molecular weight is 243 g/mol. The molecule has 1 rings (SSSR count). The Morgan fingerprint density at radius 2 is 2.25 bits per heavy atom. The van der Waals surface area contributed by atoms with Gasteiger partial charge in [-0.05, 0) is 45.6 Å². The molecule has 0 aromatic heterocycles. The summed E-state index contributed by atoms with van der Waals surface area (Å²) in [6.07, 6.45) is 8.42. The molecule has 3 heteroatoms. The molecule has 0 bridgehead atoms. The van der Waals surface area contributed by atoms with Crippen LogP contribution in [0.5, 0.6) is 0 Å². The molecule has 1 aliphatic rings. The number of allylic oxidation sites excluding steroid dienone is 2. The molecule has 0 saturated carbocycles. The molecular weight excluding hydrogens is 218 g/mol. The Labute approximate surface area is 104 Å². The normalized spacial score (nSPS) is 21.3. The van der Waals surface area contributed by atoms with Crippen molar-refractivity contribution in [1.82, 2.24) is 5.32 Å². The molecule has 0 aliphatic heterocycles. The second kappa shape index (κ2) is 7.36. The zero-order valence-electron chi connectivity index (χ0n) is 10.5. The Bertz CT molecular complexity index is 210. The van der Waals surface area contributed by atoms with Gasteiger partial charge >= 0.3 is 0 Å². The Balaban J connectivity index is 1.90. The Kier molecular flexibility index (Phi) is 6.47. The zero-order valence-corrected chi connectivity index (χ0v) is 11.4. The van der Waals surface area contributed by atoms with Gasteiger partial charge in [-0.25, -0.2) is 0 Å². The predicted molar refractivity (Wildman–Crippen MR) is 73.0 cm³/mol. The fourth-order valence-corrected chi connectivity index (χ4v) is 2.75. The van der Waals surface area contributed by atoms with Crippen molar-refractivity contribution >= 4 is 11.8 Å². The minimum Gasteiger partial charge on any atom is -0.390 e. The topological polar surface area (TPSA) is 32.3 Å². The van der Waals surface area contributed by atoms with Gasteiger partial charge in [-0.3, -0.25) is 0 Å². The van der Waals surface area contributed by atoms with Crippen LogP contribution in [-0.4, -0.2) is 35.3 Å². The SMILES string of the molecule is CC(C)(O)CSCCNCC1CC=CCC1. The van der Waals surface area contributed by atoms with Crippen LogP contribution in [-0.2, 0) is 0 Å². The van der Waals surface area contributed by atoms with Gasteiger partial charge in [0.25, 0.3) is 0 Å². The molecule has 0 radical (unpaired) electrons. The van der Waals surface area contributed by atoms with Crippen LogP contribution in [0.4, 0.5) is 0 Å². The third-order valence-electron chi connectivity index (χ3n) is 2.69. The Morgan fingerprint density at radius 3 is 2.88 bits per heavy atom. The van der Waals surface area contributed by atoms with Crippen molar-refractivity contribution in [2.45, 2.75) is 38.7 Å². The molecule has 0 saturated heterocycles. The van der Waals surface area contributed by atoms with Gasteiger partial charge < -0.3 is 10.4 Å². The van der Waals surface area contributed by atoms with E-state index in [1.165, 1.54) is 19.3 Å². The van der Waals surface area contributed by atoms with E-state index < -0.39 is 5.60 Å². The molecule has 0 heterocycles. The molecule has 0 aromatic carbocycles. The highest BCUT2D eigenvalue weighted by molar-refractivity contribution is 7.99. The van der Waals surface area contributed by atoms with Crippen LogP contribution >= 0.6 is 11.8 Å². The van der Waals surface area contributed by atoms with Crippen molar-refractivity contribution in [3.63, 3.8) is 0 Å². The molecule has 0 fully saturated rings. The summed E-state index contributed by atoms with van der Waals surface area (Å²) in [6.45, 7) is 5.93. The number of aliphatic hydroxyl groups is 1. The molecule has 2 N–H and O–H groups in total. The number of hydrogen-bond acceptors (Lipinski definition) is 3. The van der Waals surface area contributed by atoms with E-state index in [-0.39, 0.29) is 0 Å². The van der Waals surface area contributed by atoms with Crippen LogP contribution in [0.25, 0.3) is 0 Å². The number of hydrogen-bond donors (Lipinski definition) is 2. The molecular formula is C13H25NOS. The zero-order chi connectivity index (χ0) is 11.9. The standard InChI is InChI=1S/C13H25NOS/c1-13(2,15)11-16-9-8-14-10-12-6-4-3-5-7-12/h3-4,12,14-15H,5-11H2,1-2H3. The van der Waals surface area contributed by atoms with E-state index in [4.69, 9.17) is 0 Å². The average Bonchev–Trinajstić information content (AvgIpc) is 2.23. The van der Waals surface area contributed by atoms with Crippen molar-refractivity contribution in [3.8, 4) is 0 Å². The van der Waals surface area contributed by atoms with E-state index in [1.54, 1.807) is 0 Å². The maximum absolute atomic E-state index is 9.53. The Morgan fingerprint density at radius 1 is 1.44 bits per heavy atom. The van der Waals surface area contributed by atoms with Crippen molar-refractivity contribution in [1.29, 1.82) is 0 Å². The summed E-state index contributed by atoms with van der Waals surface area (Å²) in [6, 6.07) is 0. The first-order valence-electron chi connectivity index (χ1n) is 6.24. The van der Waals surface area contributed by atoms with Crippen LogP contribution < -0.4 is 5.32 Å². The van der Waals surface area contributed by atoms with E-state index in [0.717, 1.165) is 30.5 Å². The lowest BCUT2D eigenvalue weighted by atomic mass is 9.94. The van der Waals surface area contributed by atoms with Crippen LogP contribution in [0.15, 0.2) is 12.2 Å². The van der Waals surface area contributed by atoms with Crippen molar-refractivity contribution in [2.75, 3.05) is 24.6 Å². The first kappa shape index (κ1) is 14.1. The van der Waals surface area contributed by atoms with E-state index in [2.05, 4.69) is 17.5 Å². The number of thioether (sulfide) groups is 1. The summed E-state index contributed by atoms with van der Waals surface area (Å²) >= 11 is 1.82. The lowest BCUT2D eigenvalue weighted by Gasteiger charge is -2.19. The molecule has 1 aliphatic carbocycles. The van der Waals surface area contributed by atoms with Gasteiger partial charge in [-0.2, -0.15) is 11.8 Å². The fourth-order valence-electron chi connectivity index (χ4n) is 1.81. The van der Waals surface area contributed by atoms with Crippen molar-refractivity contribution in [3.05, 3.63) is 12.2 Å². The second-order valence-electron chi connectivity index (χ2n) is 5.22. The lowest BCUT2D eigenvalue weighted by molar-refractivity contribution is 0.107. The highest BCUT2D eigenvalue weighted by Crippen LogP contribution is 2.17. The van der Waals surface area contributed by atoms with Crippen LogP contribution in [0, 0.1) is 5.92 Å². The molecule has 0 amide bonds. The summed E-state index contributed by atoms with van der Waals surface area (Å²) in [5.74, 6) is 2.75. The third-order valence-corrected chi connectivity index (χ3v) is 4.09. The van der Waals surface area contributed by atoms with E-state index in [0.29, 0.717) is 0 Å². The van der Waals surface area contributed by atoms with Gasteiger partial charge in [-0.15, -0.1) is 0 Å². The third kappa shape index (κ3) is 7.31. The number of rotatable bonds is 7. The van der Waals surface area contributed by atoms with Crippen molar-refractivity contribution in [2.24, 2.45) is 5.92 Å². The Hall–Kier alpha value is 0.0100. The summed E-state index contributed by atoms with van der Waals surface area (Å²) in [5, 5.41) is 13.0. The minimum absolute atomic E-state index is 0.529. The fraction of sp³-hybridized carbons (Fsp3) is 0.846. The lowest BCUT2D eigenvalue weighted by Crippen LogP contribution is -2.27. The molecule has 2 nitrogen and oxygen atoms in total. The van der Waals surface area contributed by atoms with Gasteiger partial charge in [0.05, 0.1) is 5.60 Å². The monoisotopic (exact) mass is 243 g/mol. The first-order chi connectivity index (χ1) is 7.58. The van der Waals surface area contributed by atoms with Crippen molar-refractivity contribution < 1.29 is 5.11 Å². The summed E-state index contributed by atoms with van der Waals surface area (Å²) < 4.78 is 0. The van der Waals surface area contributed by atoms with E-state index in [1.807, 2.05) is 25.6 Å². The quantitative estimate of drug-likeness (QED) is 0.532. The molecule has 1 atom stereocenters. The first-order valence-corrected chi connectivity index (χ1v) is 7.39. The molecule has 0 aromatic rings. The van der Waals surface area contributed by atoms with Crippen LogP contribution in [0.2, 0.25) is 0 Å². The maximum atomic E-state index is 9.53. The molecule has 16 heavy (non-hydrogen) atoms. The highest BCUT2D eigenvalue weighted by Gasteiger charge is 2.12. The van der Waals surface area contributed by atoms with Gasteiger partial charge in [0.2, 0.25) is 0 Å². The van der Waals surface area contributed by atoms with Gasteiger partial charge in [-0.1, -0.05) is 12.2 Å². The number of nitrogens with one attached hydrogen (secondary N) is 1. The summed E-state index contributed by atoms with van der Waals surface area (Å²) in [4.78, 5) is 0. The van der Waals surface area contributed by atoms with Gasteiger partial charge in [0.1, 0.15) is 0 Å².